The molecular weight excluding hydrogens is 268 g/mol. The molecule has 0 radical (unpaired) electrons. The van der Waals surface area contributed by atoms with E-state index in [2.05, 4.69) is 5.32 Å². The van der Waals surface area contributed by atoms with Crippen LogP contribution in [-0.4, -0.2) is 51.5 Å². The third kappa shape index (κ3) is 3.86. The fourth-order valence-electron chi connectivity index (χ4n) is 1.66. The molecule has 1 unspecified atom stereocenters. The summed E-state index contributed by atoms with van der Waals surface area (Å²) in [5.41, 5.74) is -0.554. The predicted molar refractivity (Wildman–Crippen MR) is 72.7 cm³/mol. The Morgan fingerprint density at radius 1 is 1.37 bits per heavy atom. The lowest BCUT2D eigenvalue weighted by Crippen LogP contribution is -2.53. The third-order valence-corrected chi connectivity index (χ3v) is 3.83. The molecule has 0 aromatic heterocycles. The van der Waals surface area contributed by atoms with Crippen LogP contribution in [0, 0.1) is 5.41 Å². The summed E-state index contributed by atoms with van der Waals surface area (Å²) in [6, 6.07) is -1.54. The van der Waals surface area contributed by atoms with Gasteiger partial charge < -0.3 is 15.3 Å². The van der Waals surface area contributed by atoms with Gasteiger partial charge in [-0.05, 0) is 6.92 Å². The van der Waals surface area contributed by atoms with Crippen LogP contribution in [0.3, 0.4) is 0 Å². The molecule has 0 bridgehead atoms. The van der Waals surface area contributed by atoms with E-state index >= 15 is 0 Å². The van der Waals surface area contributed by atoms with Gasteiger partial charge in [-0.3, -0.25) is 14.4 Å². The van der Waals surface area contributed by atoms with Crippen LogP contribution < -0.4 is 5.32 Å². The van der Waals surface area contributed by atoms with Crippen LogP contribution in [0.4, 0.5) is 0 Å². The van der Waals surface area contributed by atoms with E-state index in [1.54, 1.807) is 20.8 Å². The summed E-state index contributed by atoms with van der Waals surface area (Å²) in [5.74, 6) is -0.624. The van der Waals surface area contributed by atoms with Gasteiger partial charge in [-0.25, -0.2) is 0 Å². The quantitative estimate of drug-likeness (QED) is 0.791. The number of carboxylic acids is 1. The van der Waals surface area contributed by atoms with Crippen molar-refractivity contribution in [2.75, 3.05) is 11.6 Å². The number of hydrogen-bond acceptors (Lipinski definition) is 4. The zero-order chi connectivity index (χ0) is 14.8. The smallest absolute Gasteiger partial charge is 0.325 e. The van der Waals surface area contributed by atoms with E-state index in [0.29, 0.717) is 11.6 Å². The molecule has 2 amide bonds. The van der Waals surface area contributed by atoms with Crippen molar-refractivity contribution in [3.63, 3.8) is 0 Å². The summed E-state index contributed by atoms with van der Waals surface area (Å²) in [5, 5.41) is 11.2. The summed E-state index contributed by atoms with van der Waals surface area (Å²) in [6.45, 7) is 6.80. The van der Waals surface area contributed by atoms with Gasteiger partial charge in [0.05, 0.1) is 5.88 Å². The Balaban J connectivity index is 2.74. The van der Waals surface area contributed by atoms with Crippen molar-refractivity contribution in [2.45, 2.75) is 39.8 Å². The van der Waals surface area contributed by atoms with Crippen molar-refractivity contribution in [3.8, 4) is 0 Å². The monoisotopic (exact) mass is 288 g/mol. The highest BCUT2D eigenvalue weighted by Crippen LogP contribution is 2.27. The Morgan fingerprint density at radius 3 is 2.42 bits per heavy atom. The number of thioether (sulfide) groups is 1. The van der Waals surface area contributed by atoms with Gasteiger partial charge in [-0.1, -0.05) is 20.8 Å². The van der Waals surface area contributed by atoms with Crippen LogP contribution in [0.2, 0.25) is 0 Å². The predicted octanol–water partition coefficient (Wildman–Crippen LogP) is 0.523. The number of hydrogen-bond donors (Lipinski definition) is 2. The van der Waals surface area contributed by atoms with Gasteiger partial charge in [-0.2, -0.15) is 0 Å². The maximum absolute atomic E-state index is 12.2. The number of carbonyl (C=O) groups excluding carboxylic acids is 2. The van der Waals surface area contributed by atoms with E-state index in [0.717, 1.165) is 0 Å². The Labute approximate surface area is 116 Å². The molecule has 2 atom stereocenters. The molecule has 7 heteroatoms. The number of carboxylic acid groups (broad SMARTS) is 1. The van der Waals surface area contributed by atoms with E-state index in [9.17, 15) is 14.4 Å². The number of rotatable bonds is 3. The van der Waals surface area contributed by atoms with E-state index in [1.165, 1.54) is 23.6 Å². The van der Waals surface area contributed by atoms with E-state index in [-0.39, 0.29) is 5.91 Å². The molecule has 108 valence electrons. The third-order valence-electron chi connectivity index (χ3n) is 2.82. The second-order valence-corrected chi connectivity index (χ2v) is 6.61. The molecule has 1 fully saturated rings. The molecule has 0 aliphatic carbocycles. The van der Waals surface area contributed by atoms with Gasteiger partial charge in [0.2, 0.25) is 11.8 Å². The Kier molecular flexibility index (Phi) is 4.84. The van der Waals surface area contributed by atoms with Crippen molar-refractivity contribution < 1.29 is 19.5 Å². The largest absolute Gasteiger partial charge is 0.480 e. The normalized spacial score (nSPS) is 21.1. The Hall–Kier alpha value is -1.24. The minimum atomic E-state index is -1.09. The van der Waals surface area contributed by atoms with Crippen LogP contribution in [0.15, 0.2) is 0 Å². The first kappa shape index (κ1) is 15.8. The minimum absolute atomic E-state index is 0.0966. The second-order valence-electron chi connectivity index (χ2n) is 5.61. The van der Waals surface area contributed by atoms with Crippen LogP contribution in [0.5, 0.6) is 0 Å². The van der Waals surface area contributed by atoms with Crippen molar-refractivity contribution in [1.82, 2.24) is 10.2 Å². The molecule has 0 spiro atoms. The molecule has 1 rings (SSSR count). The Bertz CT molecular complexity index is 392. The van der Waals surface area contributed by atoms with Crippen molar-refractivity contribution >= 4 is 29.5 Å². The average Bonchev–Trinajstić information content (AvgIpc) is 2.74. The van der Waals surface area contributed by atoms with Gasteiger partial charge in [0.15, 0.2) is 0 Å². The molecule has 0 aromatic rings. The first-order valence-corrected chi connectivity index (χ1v) is 7.22. The van der Waals surface area contributed by atoms with Crippen molar-refractivity contribution in [2.24, 2.45) is 5.41 Å². The highest BCUT2D eigenvalue weighted by atomic mass is 32.2. The summed E-state index contributed by atoms with van der Waals surface area (Å²) >= 11 is 1.50. The van der Waals surface area contributed by atoms with E-state index in [1.807, 2.05) is 0 Å². The van der Waals surface area contributed by atoms with Gasteiger partial charge in [0.1, 0.15) is 12.1 Å². The molecule has 1 saturated heterocycles. The van der Waals surface area contributed by atoms with Crippen LogP contribution in [0.1, 0.15) is 27.7 Å². The zero-order valence-corrected chi connectivity index (χ0v) is 12.4. The highest BCUT2D eigenvalue weighted by Gasteiger charge is 2.39. The number of aliphatic carboxylic acids is 1. The van der Waals surface area contributed by atoms with E-state index in [4.69, 9.17) is 5.11 Å². The minimum Gasteiger partial charge on any atom is -0.480 e. The molecule has 6 nitrogen and oxygen atoms in total. The maximum Gasteiger partial charge on any atom is 0.325 e. The summed E-state index contributed by atoms with van der Waals surface area (Å²) in [6.07, 6.45) is 0. The van der Waals surface area contributed by atoms with Gasteiger partial charge in [0.25, 0.3) is 0 Å². The molecule has 1 aliphatic rings. The lowest BCUT2D eigenvalue weighted by molar-refractivity contribution is -0.146. The summed E-state index contributed by atoms with van der Waals surface area (Å²) < 4.78 is 0. The lowest BCUT2D eigenvalue weighted by atomic mass is 9.94. The standard InChI is InChI=1S/C12H20N2O4S/c1-7(10(16)17)13-9(15)8-5-19-6-14(8)11(18)12(2,3)4/h7-8H,5-6H2,1-4H3,(H,13,15)(H,16,17)/t7-,8?/m0/s1. The van der Waals surface area contributed by atoms with Gasteiger partial charge >= 0.3 is 5.97 Å². The van der Waals surface area contributed by atoms with Crippen molar-refractivity contribution in [3.05, 3.63) is 0 Å². The average molecular weight is 288 g/mol. The first-order valence-electron chi connectivity index (χ1n) is 6.06. The molecule has 1 aliphatic heterocycles. The Morgan fingerprint density at radius 2 is 1.95 bits per heavy atom. The number of carbonyl (C=O) groups is 3. The first-order chi connectivity index (χ1) is 8.64. The van der Waals surface area contributed by atoms with Crippen LogP contribution >= 0.6 is 11.8 Å². The molecule has 0 aromatic carbocycles. The summed E-state index contributed by atoms with van der Waals surface area (Å²) in [4.78, 5) is 36.5. The van der Waals surface area contributed by atoms with Crippen molar-refractivity contribution in [1.29, 1.82) is 0 Å². The number of nitrogens with zero attached hydrogens (tertiary/aromatic N) is 1. The van der Waals surface area contributed by atoms with Gasteiger partial charge in [-0.15, -0.1) is 11.8 Å². The molecule has 1 heterocycles. The number of nitrogens with one attached hydrogen (secondary N) is 1. The lowest BCUT2D eigenvalue weighted by Gasteiger charge is -2.29. The fourth-order valence-corrected chi connectivity index (χ4v) is 2.82. The molecule has 19 heavy (non-hydrogen) atoms. The molecule has 2 N–H and O–H groups in total. The SMILES string of the molecule is C[C@H](NC(=O)C1CSCN1C(=O)C(C)(C)C)C(=O)O. The molecule has 0 saturated carbocycles. The highest BCUT2D eigenvalue weighted by molar-refractivity contribution is 7.99. The number of amides is 2. The van der Waals surface area contributed by atoms with Crippen LogP contribution in [0.25, 0.3) is 0 Å². The molecular formula is C12H20N2O4S. The zero-order valence-electron chi connectivity index (χ0n) is 11.6. The summed E-state index contributed by atoms with van der Waals surface area (Å²) in [7, 11) is 0. The van der Waals surface area contributed by atoms with Crippen LogP contribution in [-0.2, 0) is 14.4 Å². The topological polar surface area (TPSA) is 86.7 Å². The van der Waals surface area contributed by atoms with Gasteiger partial charge in [0, 0.05) is 11.2 Å². The van der Waals surface area contributed by atoms with E-state index < -0.39 is 29.4 Å². The second kappa shape index (κ2) is 5.81. The fraction of sp³-hybridized carbons (Fsp3) is 0.750. The maximum atomic E-state index is 12.2.